The van der Waals surface area contributed by atoms with Gasteiger partial charge in [0, 0.05) is 35.8 Å². The van der Waals surface area contributed by atoms with E-state index in [1.807, 2.05) is 13.0 Å². The highest BCUT2D eigenvalue weighted by molar-refractivity contribution is 7.89. The molecule has 1 aliphatic carbocycles. The average Bonchev–Trinajstić information content (AvgIpc) is 3.64. The van der Waals surface area contributed by atoms with E-state index in [0.717, 1.165) is 24.1 Å². The Hall–Kier alpha value is -3.83. The Labute approximate surface area is 213 Å². The van der Waals surface area contributed by atoms with E-state index in [4.69, 9.17) is 0 Å². The van der Waals surface area contributed by atoms with Crippen molar-refractivity contribution in [3.63, 3.8) is 0 Å². The molecule has 11 heteroatoms. The molecule has 4 aromatic rings. The Balaban J connectivity index is 1.42. The second-order valence-corrected chi connectivity index (χ2v) is 10.8. The van der Waals surface area contributed by atoms with E-state index >= 15 is 4.39 Å². The van der Waals surface area contributed by atoms with Gasteiger partial charge in [0.25, 0.3) is 0 Å². The monoisotopic (exact) mass is 524 g/mol. The normalized spacial score (nSPS) is 14.4. The lowest BCUT2D eigenvalue weighted by molar-refractivity contribution is 0.580. The van der Waals surface area contributed by atoms with Gasteiger partial charge < -0.3 is 10.6 Å². The zero-order chi connectivity index (χ0) is 26.0. The summed E-state index contributed by atoms with van der Waals surface area (Å²) in [5.41, 5.74) is 2.06. The molecular weight excluding hydrogens is 498 g/mol. The third-order valence-corrected chi connectivity index (χ3v) is 7.56. The number of anilines is 3. The van der Waals surface area contributed by atoms with Gasteiger partial charge in [0.15, 0.2) is 17.5 Å². The first kappa shape index (κ1) is 24.8. The van der Waals surface area contributed by atoms with Crippen LogP contribution in [0.2, 0.25) is 0 Å². The summed E-state index contributed by atoms with van der Waals surface area (Å²) in [5, 5.41) is 13.3. The van der Waals surface area contributed by atoms with Gasteiger partial charge in [0.05, 0.1) is 4.90 Å². The summed E-state index contributed by atoms with van der Waals surface area (Å²) >= 11 is 0. The number of pyridine rings is 1. The second-order valence-electron chi connectivity index (χ2n) is 8.99. The summed E-state index contributed by atoms with van der Waals surface area (Å²) in [6, 6.07) is 16.6. The number of nitrogens with one attached hydrogen (secondary N) is 4. The molecule has 0 radical (unpaired) electrons. The molecule has 0 saturated heterocycles. The van der Waals surface area contributed by atoms with Crippen LogP contribution in [0.1, 0.15) is 48.5 Å². The molecule has 2 heterocycles. The molecular formula is C26H26F2N6O2S. The summed E-state index contributed by atoms with van der Waals surface area (Å²) in [6.07, 6.45) is 2.19. The summed E-state index contributed by atoms with van der Waals surface area (Å²) < 4.78 is 56.5. The molecule has 4 N–H and O–H groups in total. The summed E-state index contributed by atoms with van der Waals surface area (Å²) in [5.74, 6) is 0.0811. The van der Waals surface area contributed by atoms with Crippen LogP contribution in [0.25, 0.3) is 0 Å². The predicted molar refractivity (Wildman–Crippen MR) is 137 cm³/mol. The Morgan fingerprint density at radius 2 is 1.76 bits per heavy atom. The zero-order valence-electron chi connectivity index (χ0n) is 20.0. The SMILES string of the molecule is C[C@H](Nc1nc(Nc2cc(C3CC3)[nH]n2)c(F)cc1CNS(=O)(=O)c1ccccc1)c1ccc(F)cc1. The largest absolute Gasteiger partial charge is 0.363 e. The van der Waals surface area contributed by atoms with E-state index in [2.05, 4.69) is 30.5 Å². The third kappa shape index (κ3) is 5.95. The summed E-state index contributed by atoms with van der Waals surface area (Å²) in [6.45, 7) is 1.65. The number of aromatic amines is 1. The van der Waals surface area contributed by atoms with Gasteiger partial charge in [-0.05, 0) is 55.7 Å². The summed E-state index contributed by atoms with van der Waals surface area (Å²) in [7, 11) is -3.83. The number of halogens is 2. The first-order valence-corrected chi connectivity index (χ1v) is 13.4. The van der Waals surface area contributed by atoms with Gasteiger partial charge in [0.1, 0.15) is 11.6 Å². The predicted octanol–water partition coefficient (Wildman–Crippen LogP) is 5.36. The molecule has 0 unspecified atom stereocenters. The lowest BCUT2D eigenvalue weighted by Gasteiger charge is -2.19. The van der Waals surface area contributed by atoms with E-state index in [1.54, 1.807) is 30.3 Å². The van der Waals surface area contributed by atoms with Crippen LogP contribution in [0.3, 0.4) is 0 Å². The van der Waals surface area contributed by atoms with Crippen LogP contribution >= 0.6 is 0 Å². The number of nitrogens with zero attached hydrogens (tertiary/aromatic N) is 2. The number of hydrogen-bond acceptors (Lipinski definition) is 6. The highest BCUT2D eigenvalue weighted by atomic mass is 32.2. The van der Waals surface area contributed by atoms with Crippen LogP contribution in [0, 0.1) is 11.6 Å². The molecule has 2 aromatic heterocycles. The zero-order valence-corrected chi connectivity index (χ0v) is 20.8. The van der Waals surface area contributed by atoms with Crippen molar-refractivity contribution in [1.82, 2.24) is 19.9 Å². The van der Waals surface area contributed by atoms with Gasteiger partial charge in [-0.1, -0.05) is 30.3 Å². The maximum Gasteiger partial charge on any atom is 0.240 e. The molecule has 1 saturated carbocycles. The van der Waals surface area contributed by atoms with Crippen molar-refractivity contribution in [2.24, 2.45) is 0 Å². The fraction of sp³-hybridized carbons (Fsp3) is 0.231. The lowest BCUT2D eigenvalue weighted by Crippen LogP contribution is -2.24. The lowest BCUT2D eigenvalue weighted by atomic mass is 10.1. The number of benzene rings is 2. The van der Waals surface area contributed by atoms with E-state index < -0.39 is 15.8 Å². The third-order valence-electron chi connectivity index (χ3n) is 6.15. The Kier molecular flexibility index (Phi) is 6.90. The molecule has 1 atom stereocenters. The topological polar surface area (TPSA) is 112 Å². The first-order chi connectivity index (χ1) is 17.8. The minimum Gasteiger partial charge on any atom is -0.363 e. The first-order valence-electron chi connectivity index (χ1n) is 11.9. The van der Waals surface area contributed by atoms with Gasteiger partial charge in [-0.3, -0.25) is 5.10 Å². The van der Waals surface area contributed by atoms with Crippen LogP contribution in [0.15, 0.2) is 71.6 Å². The molecule has 8 nitrogen and oxygen atoms in total. The van der Waals surface area contributed by atoms with Crippen molar-refractivity contribution >= 4 is 27.5 Å². The Bertz CT molecular complexity index is 1490. The molecule has 0 spiro atoms. The van der Waals surface area contributed by atoms with Crippen molar-refractivity contribution in [2.45, 2.75) is 43.2 Å². The van der Waals surface area contributed by atoms with Crippen LogP contribution in [0.5, 0.6) is 0 Å². The van der Waals surface area contributed by atoms with Crippen LogP contribution in [-0.2, 0) is 16.6 Å². The minimum absolute atomic E-state index is 0.0580. The van der Waals surface area contributed by atoms with Gasteiger partial charge >= 0.3 is 0 Å². The molecule has 5 rings (SSSR count). The molecule has 1 aliphatic rings. The molecule has 2 aromatic carbocycles. The molecule has 0 bridgehead atoms. The van der Waals surface area contributed by atoms with Gasteiger partial charge in [0.2, 0.25) is 10.0 Å². The molecule has 1 fully saturated rings. The van der Waals surface area contributed by atoms with Gasteiger partial charge in [-0.2, -0.15) is 5.10 Å². The van der Waals surface area contributed by atoms with Gasteiger partial charge in [-0.25, -0.2) is 26.9 Å². The summed E-state index contributed by atoms with van der Waals surface area (Å²) in [4.78, 5) is 4.53. The Morgan fingerprint density at radius 3 is 2.46 bits per heavy atom. The number of H-pyrrole nitrogens is 1. The van der Waals surface area contributed by atoms with Crippen molar-refractivity contribution in [3.05, 3.63) is 95.2 Å². The maximum absolute atomic E-state index is 15.1. The number of rotatable bonds is 10. The van der Waals surface area contributed by atoms with E-state index in [1.165, 1.54) is 30.3 Å². The number of sulfonamides is 1. The van der Waals surface area contributed by atoms with Crippen molar-refractivity contribution in [3.8, 4) is 0 Å². The minimum atomic E-state index is -3.83. The van der Waals surface area contributed by atoms with Crippen LogP contribution in [-0.4, -0.2) is 23.6 Å². The second kappa shape index (κ2) is 10.3. The van der Waals surface area contributed by atoms with Crippen molar-refractivity contribution < 1.29 is 17.2 Å². The fourth-order valence-electron chi connectivity index (χ4n) is 3.90. The van der Waals surface area contributed by atoms with Crippen LogP contribution in [0.4, 0.5) is 26.2 Å². The molecule has 0 amide bonds. The highest BCUT2D eigenvalue weighted by Crippen LogP contribution is 2.39. The highest BCUT2D eigenvalue weighted by Gasteiger charge is 2.26. The van der Waals surface area contributed by atoms with Crippen molar-refractivity contribution in [2.75, 3.05) is 10.6 Å². The average molecular weight is 525 g/mol. The number of hydrogen-bond donors (Lipinski definition) is 4. The molecule has 37 heavy (non-hydrogen) atoms. The number of aromatic nitrogens is 3. The van der Waals surface area contributed by atoms with E-state index in [0.29, 0.717) is 17.3 Å². The standard InChI is InChI=1S/C26H26F2N6O2S/c1-16(17-9-11-20(27)12-10-17)30-25-19(15-29-37(35,36)21-5-3-2-4-6-21)13-22(28)26(32-25)31-24-14-23(33-34-24)18-7-8-18/h2-6,9-14,16,18,29H,7-8,15H2,1H3,(H3,30,31,32,33,34)/t16-/m0/s1. The smallest absolute Gasteiger partial charge is 0.240 e. The fourth-order valence-corrected chi connectivity index (χ4v) is 4.92. The quantitative estimate of drug-likeness (QED) is 0.222. The van der Waals surface area contributed by atoms with Crippen molar-refractivity contribution in [1.29, 1.82) is 0 Å². The van der Waals surface area contributed by atoms with E-state index in [9.17, 15) is 12.8 Å². The maximum atomic E-state index is 15.1. The van der Waals surface area contributed by atoms with Gasteiger partial charge in [-0.15, -0.1) is 0 Å². The molecule has 0 aliphatic heterocycles. The molecule has 192 valence electrons. The van der Waals surface area contributed by atoms with Crippen LogP contribution < -0.4 is 15.4 Å². The van der Waals surface area contributed by atoms with E-state index in [-0.39, 0.29) is 34.9 Å². The Morgan fingerprint density at radius 1 is 1.03 bits per heavy atom.